The molecule has 1 aromatic heterocycles. The standard InChI is InChI=1S/C21H29ClN4O2/c1-14(9-15(2)26-23)12-28-20-4-3-16(10-19(20)22)17-5-7-24-21(11-17)25-18-6-8-27-13-18/h3-5,7,10-11,14-15,18,26H,6,8-9,12-13,23H2,1-2H3,(H,24,25). The van der Waals surface area contributed by atoms with Crippen LogP contribution in [0.1, 0.15) is 26.7 Å². The van der Waals surface area contributed by atoms with Gasteiger partial charge in [0, 0.05) is 18.8 Å². The lowest BCUT2D eigenvalue weighted by Gasteiger charge is -2.18. The number of benzene rings is 1. The summed E-state index contributed by atoms with van der Waals surface area (Å²) < 4.78 is 11.3. The van der Waals surface area contributed by atoms with Crippen LogP contribution < -0.4 is 21.3 Å². The van der Waals surface area contributed by atoms with Crippen molar-refractivity contribution >= 4 is 17.4 Å². The summed E-state index contributed by atoms with van der Waals surface area (Å²) in [5, 5.41) is 4.02. The Kier molecular flexibility index (Phi) is 7.50. The molecule has 3 atom stereocenters. The van der Waals surface area contributed by atoms with Gasteiger partial charge in [-0.2, -0.15) is 0 Å². The number of hydrazine groups is 1. The fourth-order valence-electron chi connectivity index (χ4n) is 3.32. The molecule has 1 aliphatic heterocycles. The molecule has 2 heterocycles. The van der Waals surface area contributed by atoms with E-state index in [9.17, 15) is 0 Å². The second-order valence-electron chi connectivity index (χ2n) is 7.50. The molecule has 1 aliphatic rings. The predicted octanol–water partition coefficient (Wildman–Crippen LogP) is 3.86. The van der Waals surface area contributed by atoms with Crippen LogP contribution in [-0.4, -0.2) is 36.9 Å². The molecule has 1 aromatic carbocycles. The van der Waals surface area contributed by atoms with Gasteiger partial charge in [0.15, 0.2) is 0 Å². The fourth-order valence-corrected chi connectivity index (χ4v) is 3.55. The zero-order valence-electron chi connectivity index (χ0n) is 16.5. The Balaban J connectivity index is 1.63. The molecule has 2 aromatic rings. The summed E-state index contributed by atoms with van der Waals surface area (Å²) in [6.07, 6.45) is 3.74. The minimum absolute atomic E-state index is 0.252. The summed E-state index contributed by atoms with van der Waals surface area (Å²) in [5.74, 6) is 7.37. The number of rotatable bonds is 9. The Morgan fingerprint density at radius 2 is 2.11 bits per heavy atom. The van der Waals surface area contributed by atoms with E-state index in [2.05, 4.69) is 29.6 Å². The number of hydrogen-bond donors (Lipinski definition) is 3. The van der Waals surface area contributed by atoms with Gasteiger partial charge in [-0.3, -0.25) is 11.3 Å². The largest absolute Gasteiger partial charge is 0.492 e. The highest BCUT2D eigenvalue weighted by Gasteiger charge is 2.16. The van der Waals surface area contributed by atoms with Crippen LogP contribution in [0.15, 0.2) is 36.5 Å². The number of halogens is 1. The summed E-state index contributed by atoms with van der Waals surface area (Å²) in [6.45, 7) is 6.31. The average Bonchev–Trinajstić information content (AvgIpc) is 3.20. The summed E-state index contributed by atoms with van der Waals surface area (Å²) in [6, 6.07) is 10.5. The van der Waals surface area contributed by atoms with Crippen molar-refractivity contribution in [3.05, 3.63) is 41.6 Å². The van der Waals surface area contributed by atoms with Gasteiger partial charge in [-0.15, -0.1) is 0 Å². The number of pyridine rings is 1. The first-order chi connectivity index (χ1) is 13.5. The lowest BCUT2D eigenvalue weighted by Crippen LogP contribution is -2.34. The van der Waals surface area contributed by atoms with Gasteiger partial charge in [0.2, 0.25) is 0 Å². The fraction of sp³-hybridized carbons (Fsp3) is 0.476. The van der Waals surface area contributed by atoms with Gasteiger partial charge < -0.3 is 14.8 Å². The Morgan fingerprint density at radius 1 is 1.29 bits per heavy atom. The van der Waals surface area contributed by atoms with E-state index >= 15 is 0 Å². The van der Waals surface area contributed by atoms with E-state index in [1.54, 1.807) is 6.20 Å². The Morgan fingerprint density at radius 3 is 2.82 bits per heavy atom. The van der Waals surface area contributed by atoms with Crippen LogP contribution >= 0.6 is 11.6 Å². The van der Waals surface area contributed by atoms with Crippen molar-refractivity contribution in [2.45, 2.75) is 38.8 Å². The van der Waals surface area contributed by atoms with Crippen molar-refractivity contribution in [1.82, 2.24) is 10.4 Å². The molecule has 0 spiro atoms. The van der Waals surface area contributed by atoms with Crippen LogP contribution in [0, 0.1) is 5.92 Å². The Hall–Kier alpha value is -1.86. The lowest BCUT2D eigenvalue weighted by atomic mass is 10.0. The van der Waals surface area contributed by atoms with Crippen LogP contribution in [0.2, 0.25) is 5.02 Å². The van der Waals surface area contributed by atoms with E-state index in [0.29, 0.717) is 29.3 Å². The first-order valence-electron chi connectivity index (χ1n) is 9.74. The second-order valence-corrected chi connectivity index (χ2v) is 7.91. The van der Waals surface area contributed by atoms with Crippen LogP contribution in [0.3, 0.4) is 0 Å². The van der Waals surface area contributed by atoms with Crippen molar-refractivity contribution in [3.63, 3.8) is 0 Å². The van der Waals surface area contributed by atoms with Gasteiger partial charge in [-0.25, -0.2) is 4.98 Å². The number of anilines is 1. The zero-order valence-corrected chi connectivity index (χ0v) is 17.2. The molecule has 0 aliphatic carbocycles. The van der Waals surface area contributed by atoms with E-state index in [4.69, 9.17) is 26.9 Å². The van der Waals surface area contributed by atoms with Gasteiger partial charge in [-0.1, -0.05) is 24.6 Å². The number of ether oxygens (including phenoxy) is 2. The molecule has 4 N–H and O–H groups in total. The summed E-state index contributed by atoms with van der Waals surface area (Å²) in [7, 11) is 0. The Labute approximate surface area is 171 Å². The molecule has 0 saturated carbocycles. The van der Waals surface area contributed by atoms with Crippen molar-refractivity contribution in [2.24, 2.45) is 11.8 Å². The highest BCUT2D eigenvalue weighted by Crippen LogP contribution is 2.31. The monoisotopic (exact) mass is 404 g/mol. The molecule has 0 bridgehead atoms. The van der Waals surface area contributed by atoms with Crippen LogP contribution in [0.25, 0.3) is 11.1 Å². The van der Waals surface area contributed by atoms with E-state index in [0.717, 1.165) is 43.0 Å². The van der Waals surface area contributed by atoms with Crippen LogP contribution in [0.5, 0.6) is 5.75 Å². The molecular formula is C21H29ClN4O2. The molecule has 6 nitrogen and oxygen atoms in total. The summed E-state index contributed by atoms with van der Waals surface area (Å²) in [4.78, 5) is 4.41. The molecule has 3 rings (SSSR count). The third-order valence-corrected chi connectivity index (χ3v) is 5.17. The molecule has 3 unspecified atom stereocenters. The van der Waals surface area contributed by atoms with E-state index in [-0.39, 0.29) is 6.04 Å². The lowest BCUT2D eigenvalue weighted by molar-refractivity contribution is 0.195. The number of aromatic nitrogens is 1. The smallest absolute Gasteiger partial charge is 0.137 e. The molecule has 28 heavy (non-hydrogen) atoms. The van der Waals surface area contributed by atoms with E-state index in [1.807, 2.05) is 30.3 Å². The minimum atomic E-state index is 0.252. The van der Waals surface area contributed by atoms with Gasteiger partial charge >= 0.3 is 0 Å². The number of hydrogen-bond acceptors (Lipinski definition) is 6. The van der Waals surface area contributed by atoms with E-state index < -0.39 is 0 Å². The van der Waals surface area contributed by atoms with Gasteiger partial charge in [0.05, 0.1) is 24.3 Å². The topological polar surface area (TPSA) is 81.4 Å². The zero-order chi connectivity index (χ0) is 19.9. The van der Waals surface area contributed by atoms with E-state index in [1.165, 1.54) is 0 Å². The summed E-state index contributed by atoms with van der Waals surface area (Å²) >= 11 is 6.47. The molecule has 0 amide bonds. The third-order valence-electron chi connectivity index (χ3n) is 4.87. The van der Waals surface area contributed by atoms with Gasteiger partial charge in [0.25, 0.3) is 0 Å². The van der Waals surface area contributed by atoms with Crippen molar-refractivity contribution < 1.29 is 9.47 Å². The Bertz CT molecular complexity index is 768. The first-order valence-corrected chi connectivity index (χ1v) is 10.1. The van der Waals surface area contributed by atoms with Gasteiger partial charge in [0.1, 0.15) is 11.6 Å². The normalized spacial score (nSPS) is 18.6. The molecule has 1 fully saturated rings. The predicted molar refractivity (Wildman–Crippen MR) is 114 cm³/mol. The molecule has 1 saturated heterocycles. The first kappa shape index (κ1) is 20.9. The maximum atomic E-state index is 6.47. The highest BCUT2D eigenvalue weighted by molar-refractivity contribution is 6.32. The molecule has 0 radical (unpaired) electrons. The third kappa shape index (κ3) is 5.82. The molecular weight excluding hydrogens is 376 g/mol. The second kappa shape index (κ2) is 10.1. The molecule has 152 valence electrons. The SMILES string of the molecule is CC(COc1ccc(-c2ccnc(NC3CCOC3)c2)cc1Cl)CC(C)NN. The molecule has 7 heteroatoms. The van der Waals surface area contributed by atoms with Crippen molar-refractivity contribution in [2.75, 3.05) is 25.1 Å². The number of nitrogens with one attached hydrogen (secondary N) is 2. The quantitative estimate of drug-likeness (QED) is 0.435. The summed E-state index contributed by atoms with van der Waals surface area (Å²) in [5.41, 5.74) is 4.84. The average molecular weight is 405 g/mol. The van der Waals surface area contributed by atoms with Crippen molar-refractivity contribution in [1.29, 1.82) is 0 Å². The minimum Gasteiger partial charge on any atom is -0.492 e. The number of nitrogens with two attached hydrogens (primary N) is 1. The highest BCUT2D eigenvalue weighted by atomic mass is 35.5. The van der Waals surface area contributed by atoms with Crippen molar-refractivity contribution in [3.8, 4) is 16.9 Å². The maximum absolute atomic E-state index is 6.47. The van der Waals surface area contributed by atoms with Crippen LogP contribution in [-0.2, 0) is 4.74 Å². The maximum Gasteiger partial charge on any atom is 0.137 e. The van der Waals surface area contributed by atoms with Gasteiger partial charge in [-0.05, 0) is 61.1 Å². The number of nitrogens with zero attached hydrogens (tertiary/aromatic N) is 1. The van der Waals surface area contributed by atoms with Crippen LogP contribution in [0.4, 0.5) is 5.82 Å².